The van der Waals surface area contributed by atoms with Crippen molar-refractivity contribution < 1.29 is 23.1 Å². The molecule has 2 aliphatic rings. The van der Waals surface area contributed by atoms with E-state index in [1.807, 2.05) is 4.90 Å². The van der Waals surface area contributed by atoms with E-state index in [1.54, 1.807) is 19.1 Å². The average molecular weight is 355 g/mol. The Morgan fingerprint density at radius 3 is 2.32 bits per heavy atom. The molecule has 0 unspecified atom stereocenters. The first-order valence-corrected chi connectivity index (χ1v) is 8.76. The van der Waals surface area contributed by atoms with Crippen LogP contribution in [-0.2, 0) is 11.0 Å². The monoisotopic (exact) mass is 355 g/mol. The molecule has 1 saturated carbocycles. The minimum atomic E-state index is -4.32. The van der Waals surface area contributed by atoms with E-state index in [0.29, 0.717) is 25.9 Å². The number of benzene rings is 1. The number of halogens is 3. The zero-order chi connectivity index (χ0) is 18.4. The Morgan fingerprint density at radius 2 is 1.84 bits per heavy atom. The summed E-state index contributed by atoms with van der Waals surface area (Å²) in [6, 6.07) is 4.37. The third-order valence-electron chi connectivity index (χ3n) is 5.56. The lowest BCUT2D eigenvalue weighted by atomic mass is 9.71. The van der Waals surface area contributed by atoms with Crippen LogP contribution in [0.1, 0.15) is 55.2 Å². The fourth-order valence-corrected chi connectivity index (χ4v) is 4.13. The fourth-order valence-electron chi connectivity index (χ4n) is 4.13. The molecular weight excluding hydrogens is 331 g/mol. The molecule has 1 aromatic rings. The molecule has 6 heteroatoms. The van der Waals surface area contributed by atoms with E-state index < -0.39 is 17.3 Å². The standard InChI is InChI=1S/C19H24F3NO2/c1-12-9-14(3-4-16(12)19(20,21)22)13-5-7-23(8-6-13)17(24)15-10-18(2,25)11-15/h3-4,9,13,15,25H,5-8,10-11H2,1-2H3/t15-,18+. The molecule has 0 bridgehead atoms. The van der Waals surface area contributed by atoms with Crippen LogP contribution in [0.3, 0.4) is 0 Å². The Balaban J connectivity index is 1.59. The highest BCUT2D eigenvalue weighted by atomic mass is 19.4. The first-order valence-electron chi connectivity index (χ1n) is 8.76. The Bertz CT molecular complexity index is 653. The second-order valence-electron chi connectivity index (χ2n) is 7.77. The summed E-state index contributed by atoms with van der Waals surface area (Å²) in [7, 11) is 0. The minimum Gasteiger partial charge on any atom is -0.390 e. The topological polar surface area (TPSA) is 40.5 Å². The molecule has 0 aromatic heterocycles. The summed E-state index contributed by atoms with van der Waals surface area (Å²) >= 11 is 0. The lowest BCUT2D eigenvalue weighted by Gasteiger charge is -2.43. The van der Waals surface area contributed by atoms with Gasteiger partial charge in [0.1, 0.15) is 0 Å². The van der Waals surface area contributed by atoms with Crippen molar-refractivity contribution in [2.24, 2.45) is 5.92 Å². The zero-order valence-electron chi connectivity index (χ0n) is 14.6. The van der Waals surface area contributed by atoms with Gasteiger partial charge in [-0.2, -0.15) is 13.2 Å². The van der Waals surface area contributed by atoms with Crippen LogP contribution < -0.4 is 0 Å². The summed E-state index contributed by atoms with van der Waals surface area (Å²) in [5.41, 5.74) is -0.124. The van der Waals surface area contributed by atoms with Crippen molar-refractivity contribution in [2.45, 2.75) is 57.2 Å². The molecular formula is C19H24F3NO2. The van der Waals surface area contributed by atoms with Crippen LogP contribution in [0.4, 0.5) is 13.2 Å². The van der Waals surface area contributed by atoms with Gasteiger partial charge in [0.2, 0.25) is 5.91 Å². The van der Waals surface area contributed by atoms with Gasteiger partial charge in [-0.15, -0.1) is 0 Å². The Morgan fingerprint density at radius 1 is 1.24 bits per heavy atom. The van der Waals surface area contributed by atoms with Crippen molar-refractivity contribution in [2.75, 3.05) is 13.1 Å². The van der Waals surface area contributed by atoms with E-state index in [-0.39, 0.29) is 23.3 Å². The summed E-state index contributed by atoms with van der Waals surface area (Å²) in [6.45, 7) is 4.49. The van der Waals surface area contributed by atoms with Crippen molar-refractivity contribution in [3.05, 3.63) is 34.9 Å². The van der Waals surface area contributed by atoms with Gasteiger partial charge < -0.3 is 10.0 Å². The molecule has 1 N–H and O–H groups in total. The predicted octanol–water partition coefficient (Wildman–Crippen LogP) is 3.88. The first-order chi connectivity index (χ1) is 11.6. The van der Waals surface area contributed by atoms with Crippen molar-refractivity contribution >= 4 is 5.91 Å². The Kier molecular flexibility index (Phi) is 4.60. The Hall–Kier alpha value is -1.56. The Labute approximate surface area is 145 Å². The summed E-state index contributed by atoms with van der Waals surface area (Å²) in [5, 5.41) is 9.78. The van der Waals surface area contributed by atoms with E-state index in [0.717, 1.165) is 18.4 Å². The number of carbonyl (C=O) groups excluding carboxylic acids is 1. The molecule has 138 valence electrons. The van der Waals surface area contributed by atoms with E-state index in [2.05, 4.69) is 0 Å². The van der Waals surface area contributed by atoms with Crippen LogP contribution in [0.25, 0.3) is 0 Å². The van der Waals surface area contributed by atoms with Gasteiger partial charge in [-0.05, 0) is 62.6 Å². The van der Waals surface area contributed by atoms with Crippen molar-refractivity contribution in [1.82, 2.24) is 4.90 Å². The first kappa shape index (κ1) is 18.2. The van der Waals surface area contributed by atoms with Crippen LogP contribution in [0.15, 0.2) is 18.2 Å². The third-order valence-corrected chi connectivity index (χ3v) is 5.56. The summed E-state index contributed by atoms with van der Waals surface area (Å²) in [5.74, 6) is 0.211. The molecule has 0 atom stereocenters. The lowest BCUT2D eigenvalue weighted by Crippen LogP contribution is -2.51. The van der Waals surface area contributed by atoms with Crippen LogP contribution in [0.2, 0.25) is 0 Å². The number of aryl methyl sites for hydroxylation is 1. The number of piperidine rings is 1. The maximum absolute atomic E-state index is 12.9. The molecule has 1 saturated heterocycles. The van der Waals surface area contributed by atoms with Gasteiger partial charge in [0.15, 0.2) is 0 Å². The van der Waals surface area contributed by atoms with Gasteiger partial charge in [0.25, 0.3) is 0 Å². The number of hydrogen-bond donors (Lipinski definition) is 1. The molecule has 3 nitrogen and oxygen atoms in total. The maximum atomic E-state index is 12.9. The molecule has 1 aliphatic heterocycles. The molecule has 1 aliphatic carbocycles. The van der Waals surface area contributed by atoms with Crippen molar-refractivity contribution in [3.63, 3.8) is 0 Å². The molecule has 1 heterocycles. The summed E-state index contributed by atoms with van der Waals surface area (Å²) in [6.07, 6.45) is -1.75. The SMILES string of the molecule is Cc1cc(C2CCN(C(=O)[C@H]3C[C@@](C)(O)C3)CC2)ccc1C(F)(F)F. The van der Waals surface area contributed by atoms with Crippen LogP contribution in [-0.4, -0.2) is 34.6 Å². The summed E-state index contributed by atoms with van der Waals surface area (Å²) < 4.78 is 38.6. The number of hydrogen-bond acceptors (Lipinski definition) is 2. The van der Waals surface area contributed by atoms with E-state index in [4.69, 9.17) is 0 Å². The number of amides is 1. The highest BCUT2D eigenvalue weighted by molar-refractivity contribution is 5.80. The van der Waals surface area contributed by atoms with Gasteiger partial charge in [-0.1, -0.05) is 12.1 Å². The van der Waals surface area contributed by atoms with Gasteiger partial charge in [-0.25, -0.2) is 0 Å². The predicted molar refractivity (Wildman–Crippen MR) is 88.1 cm³/mol. The van der Waals surface area contributed by atoms with Crippen LogP contribution in [0, 0.1) is 12.8 Å². The van der Waals surface area contributed by atoms with Gasteiger partial charge in [-0.3, -0.25) is 4.79 Å². The van der Waals surface area contributed by atoms with Gasteiger partial charge in [0.05, 0.1) is 11.2 Å². The van der Waals surface area contributed by atoms with E-state index >= 15 is 0 Å². The molecule has 2 fully saturated rings. The van der Waals surface area contributed by atoms with Gasteiger partial charge >= 0.3 is 6.18 Å². The lowest BCUT2D eigenvalue weighted by molar-refractivity contribution is -0.150. The van der Waals surface area contributed by atoms with Crippen LogP contribution >= 0.6 is 0 Å². The second-order valence-corrected chi connectivity index (χ2v) is 7.77. The quantitative estimate of drug-likeness (QED) is 0.875. The number of alkyl halides is 3. The largest absolute Gasteiger partial charge is 0.416 e. The number of nitrogens with zero attached hydrogens (tertiary/aromatic N) is 1. The maximum Gasteiger partial charge on any atom is 0.416 e. The number of aliphatic hydroxyl groups is 1. The number of likely N-dealkylation sites (tertiary alicyclic amines) is 1. The highest BCUT2D eigenvalue weighted by Gasteiger charge is 2.44. The van der Waals surface area contributed by atoms with Crippen molar-refractivity contribution in [1.29, 1.82) is 0 Å². The van der Waals surface area contributed by atoms with Crippen molar-refractivity contribution in [3.8, 4) is 0 Å². The molecule has 1 amide bonds. The van der Waals surface area contributed by atoms with Gasteiger partial charge in [0, 0.05) is 19.0 Å². The normalized spacial score (nSPS) is 27.9. The van der Waals surface area contributed by atoms with E-state index in [1.165, 1.54) is 13.0 Å². The third kappa shape index (κ3) is 3.84. The smallest absolute Gasteiger partial charge is 0.390 e. The second kappa shape index (κ2) is 6.31. The fraction of sp³-hybridized carbons (Fsp3) is 0.632. The average Bonchev–Trinajstić information content (AvgIpc) is 2.50. The summed E-state index contributed by atoms with van der Waals surface area (Å²) in [4.78, 5) is 14.3. The minimum absolute atomic E-state index is 0.0835. The molecule has 0 spiro atoms. The highest BCUT2D eigenvalue weighted by Crippen LogP contribution is 2.40. The van der Waals surface area contributed by atoms with Crippen LogP contribution in [0.5, 0.6) is 0 Å². The van der Waals surface area contributed by atoms with E-state index in [9.17, 15) is 23.1 Å². The number of rotatable bonds is 2. The zero-order valence-corrected chi connectivity index (χ0v) is 14.6. The molecule has 25 heavy (non-hydrogen) atoms. The molecule has 0 radical (unpaired) electrons. The molecule has 3 rings (SSSR count). The number of carbonyl (C=O) groups is 1. The molecule has 1 aromatic carbocycles.